The summed E-state index contributed by atoms with van der Waals surface area (Å²) < 4.78 is 0. The fraction of sp³-hybridized carbons (Fsp3) is 0.0800. The Kier molecular flexibility index (Phi) is 7.52. The first kappa shape index (κ1) is 21.8. The van der Waals surface area contributed by atoms with Crippen LogP contribution in [0.15, 0.2) is 78.4 Å². The second kappa shape index (κ2) is 10.7. The predicted molar refractivity (Wildman–Crippen MR) is 128 cm³/mol. The number of nitrogens with zero attached hydrogens (tertiary/aromatic N) is 2. The van der Waals surface area contributed by atoms with Crippen molar-refractivity contribution >= 4 is 33.8 Å². The SMILES string of the molecule is C#CC(=O)Nc1ccc(C)c(Nc2nc(-c3cccnc3)cs2)c1.Cc1ccccc1. The van der Waals surface area contributed by atoms with Crippen LogP contribution in [0.5, 0.6) is 0 Å². The van der Waals surface area contributed by atoms with Crippen molar-refractivity contribution in [3.63, 3.8) is 0 Å². The zero-order valence-electron chi connectivity index (χ0n) is 17.3. The van der Waals surface area contributed by atoms with Crippen LogP contribution in [0.4, 0.5) is 16.5 Å². The van der Waals surface area contributed by atoms with Gasteiger partial charge in [-0.2, -0.15) is 0 Å². The highest BCUT2D eigenvalue weighted by atomic mass is 32.1. The number of terminal acetylenes is 1. The Balaban J connectivity index is 0.000000330. The molecule has 6 heteroatoms. The van der Waals surface area contributed by atoms with Crippen LogP contribution in [-0.2, 0) is 4.79 Å². The van der Waals surface area contributed by atoms with Crippen molar-refractivity contribution in [2.24, 2.45) is 0 Å². The zero-order valence-corrected chi connectivity index (χ0v) is 18.1. The summed E-state index contributed by atoms with van der Waals surface area (Å²) >= 11 is 1.50. The number of hydrogen-bond acceptors (Lipinski definition) is 5. The minimum absolute atomic E-state index is 0.474. The summed E-state index contributed by atoms with van der Waals surface area (Å²) in [4.78, 5) is 20.0. The summed E-state index contributed by atoms with van der Waals surface area (Å²) in [6.07, 6.45) is 8.59. The molecule has 0 saturated carbocycles. The van der Waals surface area contributed by atoms with Gasteiger partial charge in [0, 0.05) is 34.7 Å². The van der Waals surface area contributed by atoms with E-state index in [1.165, 1.54) is 16.9 Å². The number of carbonyl (C=O) groups is 1. The van der Waals surface area contributed by atoms with E-state index in [1.54, 1.807) is 18.5 Å². The monoisotopic (exact) mass is 426 g/mol. The summed E-state index contributed by atoms with van der Waals surface area (Å²) in [7, 11) is 0. The van der Waals surface area contributed by atoms with Gasteiger partial charge in [0.05, 0.1) is 5.69 Å². The number of benzene rings is 2. The van der Waals surface area contributed by atoms with Gasteiger partial charge in [-0.05, 0) is 49.6 Å². The summed E-state index contributed by atoms with van der Waals surface area (Å²) in [5.41, 5.74) is 5.68. The lowest BCUT2D eigenvalue weighted by Crippen LogP contribution is -2.08. The lowest BCUT2D eigenvalue weighted by molar-refractivity contribution is -0.111. The van der Waals surface area contributed by atoms with E-state index in [4.69, 9.17) is 6.42 Å². The minimum Gasteiger partial charge on any atom is -0.331 e. The maximum atomic E-state index is 11.3. The highest BCUT2D eigenvalue weighted by molar-refractivity contribution is 7.14. The molecule has 0 aliphatic carbocycles. The van der Waals surface area contributed by atoms with E-state index in [0.717, 1.165) is 27.6 Å². The maximum Gasteiger partial charge on any atom is 0.300 e. The molecule has 0 saturated heterocycles. The predicted octanol–water partition coefficient (Wildman–Crippen LogP) is 5.82. The molecule has 0 aliphatic rings. The molecule has 5 nitrogen and oxygen atoms in total. The third-order valence-electron chi connectivity index (χ3n) is 4.27. The van der Waals surface area contributed by atoms with Gasteiger partial charge in [-0.25, -0.2) is 4.98 Å². The van der Waals surface area contributed by atoms with E-state index in [0.29, 0.717) is 5.69 Å². The Bertz CT molecular complexity index is 1180. The van der Waals surface area contributed by atoms with Crippen molar-refractivity contribution in [1.82, 2.24) is 9.97 Å². The lowest BCUT2D eigenvalue weighted by Gasteiger charge is -2.09. The topological polar surface area (TPSA) is 66.9 Å². The van der Waals surface area contributed by atoms with Crippen LogP contribution in [0.1, 0.15) is 11.1 Å². The number of anilines is 3. The van der Waals surface area contributed by atoms with Gasteiger partial charge in [0.2, 0.25) is 0 Å². The number of aryl methyl sites for hydroxylation is 2. The average molecular weight is 427 g/mol. The van der Waals surface area contributed by atoms with Gasteiger partial charge in [0.25, 0.3) is 5.91 Å². The molecule has 4 aromatic rings. The van der Waals surface area contributed by atoms with Gasteiger partial charge in [0.1, 0.15) is 0 Å². The zero-order chi connectivity index (χ0) is 22.1. The highest BCUT2D eigenvalue weighted by Crippen LogP contribution is 2.29. The van der Waals surface area contributed by atoms with Crippen molar-refractivity contribution in [3.05, 3.63) is 89.6 Å². The standard InChI is InChI=1S/C18H14N4OS.C7H8/c1-3-17(23)20-14-7-6-12(2)15(9-14)21-18-22-16(11-24-18)13-5-4-8-19-10-13;1-7-5-3-2-4-6-7/h1,4-11H,2H3,(H,20,23)(H,21,22);2-6H,1H3. The Morgan fingerprint density at radius 2 is 1.87 bits per heavy atom. The number of hydrogen-bond donors (Lipinski definition) is 2. The first-order valence-corrected chi connectivity index (χ1v) is 10.5. The smallest absolute Gasteiger partial charge is 0.300 e. The lowest BCUT2D eigenvalue weighted by atomic mass is 10.2. The Morgan fingerprint density at radius 1 is 1.06 bits per heavy atom. The van der Waals surface area contributed by atoms with Crippen molar-refractivity contribution < 1.29 is 4.79 Å². The quantitative estimate of drug-likeness (QED) is 0.403. The average Bonchev–Trinajstić information content (AvgIpc) is 3.26. The van der Waals surface area contributed by atoms with Crippen molar-refractivity contribution in [1.29, 1.82) is 0 Å². The molecule has 0 radical (unpaired) electrons. The molecule has 0 spiro atoms. The van der Waals surface area contributed by atoms with Crippen LogP contribution in [0.25, 0.3) is 11.3 Å². The van der Waals surface area contributed by atoms with Gasteiger partial charge < -0.3 is 10.6 Å². The molecule has 1 amide bonds. The largest absolute Gasteiger partial charge is 0.331 e. The fourth-order valence-corrected chi connectivity index (χ4v) is 3.36. The number of rotatable bonds is 4. The van der Waals surface area contributed by atoms with Gasteiger partial charge in [-0.1, -0.05) is 42.0 Å². The summed E-state index contributed by atoms with van der Waals surface area (Å²) in [5, 5.41) is 8.65. The van der Waals surface area contributed by atoms with Gasteiger partial charge >= 0.3 is 0 Å². The number of aromatic nitrogens is 2. The molecular weight excluding hydrogens is 404 g/mol. The summed E-state index contributed by atoms with van der Waals surface area (Å²) in [6, 6.07) is 19.6. The highest BCUT2D eigenvalue weighted by Gasteiger charge is 2.08. The van der Waals surface area contributed by atoms with Crippen molar-refractivity contribution in [2.45, 2.75) is 13.8 Å². The van der Waals surface area contributed by atoms with Crippen LogP contribution < -0.4 is 10.6 Å². The van der Waals surface area contributed by atoms with E-state index >= 15 is 0 Å². The van der Waals surface area contributed by atoms with Gasteiger partial charge in [-0.15, -0.1) is 17.8 Å². The van der Waals surface area contributed by atoms with Crippen LogP contribution in [-0.4, -0.2) is 15.9 Å². The number of carbonyl (C=O) groups excluding carboxylic acids is 1. The molecule has 2 heterocycles. The van der Waals surface area contributed by atoms with Crippen LogP contribution in [0.3, 0.4) is 0 Å². The van der Waals surface area contributed by atoms with E-state index in [1.807, 2.05) is 60.7 Å². The summed E-state index contributed by atoms with van der Waals surface area (Å²) in [5.74, 6) is 1.56. The van der Waals surface area contributed by atoms with E-state index in [2.05, 4.69) is 39.7 Å². The molecule has 0 fully saturated rings. The first-order chi connectivity index (χ1) is 15.0. The number of pyridine rings is 1. The molecule has 0 atom stereocenters. The Hall–Kier alpha value is -3.95. The van der Waals surface area contributed by atoms with Crippen molar-refractivity contribution in [2.75, 3.05) is 10.6 Å². The van der Waals surface area contributed by atoms with Crippen LogP contribution in [0.2, 0.25) is 0 Å². The molecular formula is C25H22N4OS. The molecule has 2 aromatic heterocycles. The Morgan fingerprint density at radius 3 is 2.52 bits per heavy atom. The molecule has 154 valence electrons. The fourth-order valence-electron chi connectivity index (χ4n) is 2.63. The molecule has 31 heavy (non-hydrogen) atoms. The summed E-state index contributed by atoms with van der Waals surface area (Å²) in [6.45, 7) is 4.06. The Labute approximate surface area is 186 Å². The molecule has 0 bridgehead atoms. The van der Waals surface area contributed by atoms with Crippen LogP contribution in [0, 0.1) is 26.2 Å². The third kappa shape index (κ3) is 6.53. The number of thiazole rings is 1. The maximum absolute atomic E-state index is 11.3. The molecule has 0 unspecified atom stereocenters. The van der Waals surface area contributed by atoms with Crippen LogP contribution >= 0.6 is 11.3 Å². The van der Waals surface area contributed by atoms with Gasteiger partial charge in [0.15, 0.2) is 5.13 Å². The molecule has 2 N–H and O–H groups in total. The second-order valence-electron chi connectivity index (χ2n) is 6.69. The van der Waals surface area contributed by atoms with Crippen molar-refractivity contribution in [3.8, 4) is 23.6 Å². The van der Waals surface area contributed by atoms with E-state index < -0.39 is 5.91 Å². The van der Waals surface area contributed by atoms with Gasteiger partial charge in [-0.3, -0.25) is 9.78 Å². The molecule has 4 rings (SSSR count). The molecule has 0 aliphatic heterocycles. The number of nitrogens with one attached hydrogen (secondary N) is 2. The number of amides is 1. The van der Waals surface area contributed by atoms with E-state index in [9.17, 15) is 4.79 Å². The first-order valence-electron chi connectivity index (χ1n) is 9.58. The minimum atomic E-state index is -0.474. The van der Waals surface area contributed by atoms with E-state index in [-0.39, 0.29) is 0 Å². The molecule has 2 aromatic carbocycles. The third-order valence-corrected chi connectivity index (χ3v) is 5.03. The second-order valence-corrected chi connectivity index (χ2v) is 7.55. The normalized spacial score (nSPS) is 9.71.